The first kappa shape index (κ1) is 20.7. The molecular formula is C24H25N5O2S. The number of fused-ring (bicyclic) bond motifs is 1. The zero-order chi connectivity index (χ0) is 22.2. The summed E-state index contributed by atoms with van der Waals surface area (Å²) in [6.07, 6.45) is 2.33. The lowest BCUT2D eigenvalue weighted by atomic mass is 9.94. The number of aryl methyl sites for hydroxylation is 1. The Hall–Kier alpha value is -3.23. The third-order valence-electron chi connectivity index (χ3n) is 6.08. The van der Waals surface area contributed by atoms with E-state index in [-0.39, 0.29) is 0 Å². The van der Waals surface area contributed by atoms with E-state index in [1.54, 1.807) is 22.6 Å². The summed E-state index contributed by atoms with van der Waals surface area (Å²) in [4.78, 5) is 9.65. The summed E-state index contributed by atoms with van der Waals surface area (Å²) in [5.74, 6) is 1.42. The van der Waals surface area contributed by atoms with Gasteiger partial charge in [0.15, 0.2) is 5.82 Å². The maximum atomic E-state index is 13.4. The number of benzene rings is 2. The number of hydrogen-bond acceptors (Lipinski definition) is 5. The minimum absolute atomic E-state index is 0.290. The molecule has 7 nitrogen and oxygen atoms in total. The molecule has 1 atom stereocenters. The number of aromatic nitrogens is 1. The van der Waals surface area contributed by atoms with Gasteiger partial charge in [-0.15, -0.1) is 0 Å². The van der Waals surface area contributed by atoms with E-state index in [2.05, 4.69) is 15.6 Å². The van der Waals surface area contributed by atoms with E-state index in [4.69, 9.17) is 4.99 Å². The molecule has 1 unspecified atom stereocenters. The molecular weight excluding hydrogens is 422 g/mol. The number of anilines is 2. The maximum absolute atomic E-state index is 13.4. The molecule has 1 spiro atoms. The van der Waals surface area contributed by atoms with Crippen molar-refractivity contribution in [3.63, 3.8) is 0 Å². The Balaban J connectivity index is 1.50. The first-order valence-corrected chi connectivity index (χ1v) is 12.1. The Morgan fingerprint density at radius 2 is 1.84 bits per heavy atom. The van der Waals surface area contributed by atoms with Crippen LogP contribution in [0, 0.1) is 6.92 Å². The number of sulfonamides is 1. The number of nitrogens with zero attached hydrogens (tertiary/aromatic N) is 3. The summed E-state index contributed by atoms with van der Waals surface area (Å²) in [6.45, 7) is 3.02. The monoisotopic (exact) mass is 447 g/mol. The zero-order valence-corrected chi connectivity index (χ0v) is 18.6. The second kappa shape index (κ2) is 8.03. The van der Waals surface area contributed by atoms with Crippen molar-refractivity contribution in [1.29, 1.82) is 0 Å². The molecule has 2 aromatic carbocycles. The summed E-state index contributed by atoms with van der Waals surface area (Å²) >= 11 is 0. The standard InChI is InChI=1S/C24H25N5O2S/c1-18-8-5-6-12-21(18)32(30,31)29-15-13-24(17-29)23(26-16-19-9-3-2-4-10-19)27-22-20(28-24)11-7-14-25-22/h2-12,14,28H,13,15-17H2,1H3,(H,25,26,27). The van der Waals surface area contributed by atoms with Gasteiger partial charge in [0, 0.05) is 19.3 Å². The average molecular weight is 448 g/mol. The minimum atomic E-state index is -3.62. The number of nitrogens with one attached hydrogen (secondary N) is 2. The molecule has 1 fully saturated rings. The number of aliphatic imine (C=N–C) groups is 1. The van der Waals surface area contributed by atoms with Crippen molar-refractivity contribution >= 4 is 27.4 Å². The van der Waals surface area contributed by atoms with E-state index in [1.807, 2.05) is 61.5 Å². The van der Waals surface area contributed by atoms with Gasteiger partial charge in [0.25, 0.3) is 0 Å². The summed E-state index contributed by atoms with van der Waals surface area (Å²) in [5.41, 5.74) is 2.05. The molecule has 0 amide bonds. The first-order valence-electron chi connectivity index (χ1n) is 10.6. The van der Waals surface area contributed by atoms with E-state index in [9.17, 15) is 8.42 Å². The van der Waals surface area contributed by atoms with Gasteiger partial charge in [-0.2, -0.15) is 4.31 Å². The fourth-order valence-corrected chi connectivity index (χ4v) is 6.08. The lowest BCUT2D eigenvalue weighted by molar-refractivity contribution is 0.467. The summed E-state index contributed by atoms with van der Waals surface area (Å²) < 4.78 is 28.4. The smallest absolute Gasteiger partial charge is 0.243 e. The van der Waals surface area contributed by atoms with Gasteiger partial charge in [0.05, 0.1) is 17.1 Å². The number of hydrogen-bond donors (Lipinski definition) is 2. The quantitative estimate of drug-likeness (QED) is 0.637. The highest BCUT2D eigenvalue weighted by molar-refractivity contribution is 7.89. The van der Waals surface area contributed by atoms with Crippen LogP contribution in [0.25, 0.3) is 0 Å². The Morgan fingerprint density at radius 1 is 1.06 bits per heavy atom. The predicted octanol–water partition coefficient (Wildman–Crippen LogP) is 3.66. The van der Waals surface area contributed by atoms with Crippen molar-refractivity contribution in [1.82, 2.24) is 9.29 Å². The second-order valence-electron chi connectivity index (χ2n) is 8.24. The van der Waals surface area contributed by atoms with E-state index < -0.39 is 15.6 Å². The van der Waals surface area contributed by atoms with Crippen LogP contribution < -0.4 is 10.6 Å². The second-order valence-corrected chi connectivity index (χ2v) is 10.1. The number of rotatable bonds is 4. The molecule has 0 aliphatic carbocycles. The van der Waals surface area contributed by atoms with E-state index in [1.165, 1.54) is 0 Å². The Kier molecular flexibility index (Phi) is 5.19. The SMILES string of the molecule is Cc1ccccc1S(=O)(=O)N1CCC2(C1)Nc1cccnc1NC2=NCc1ccccc1. The topological polar surface area (TPSA) is 86.7 Å². The molecule has 2 aliphatic heterocycles. The Labute approximate surface area is 188 Å². The van der Waals surface area contributed by atoms with Gasteiger partial charge in [-0.3, -0.25) is 4.99 Å². The van der Waals surface area contributed by atoms with Crippen molar-refractivity contribution < 1.29 is 8.42 Å². The zero-order valence-electron chi connectivity index (χ0n) is 17.8. The van der Waals surface area contributed by atoms with Gasteiger partial charge in [-0.25, -0.2) is 13.4 Å². The lowest BCUT2D eigenvalue weighted by Gasteiger charge is -2.38. The normalized spacial score (nSPS) is 21.8. The number of amidine groups is 1. The van der Waals surface area contributed by atoms with Crippen molar-refractivity contribution in [2.75, 3.05) is 23.7 Å². The van der Waals surface area contributed by atoms with Crippen LogP contribution in [0.2, 0.25) is 0 Å². The fourth-order valence-electron chi connectivity index (χ4n) is 4.36. The molecule has 2 N–H and O–H groups in total. The molecule has 5 rings (SSSR count). The third kappa shape index (κ3) is 3.65. The van der Waals surface area contributed by atoms with Gasteiger partial charge in [-0.1, -0.05) is 48.5 Å². The van der Waals surface area contributed by atoms with Crippen molar-refractivity contribution in [2.24, 2.45) is 4.99 Å². The van der Waals surface area contributed by atoms with E-state index in [0.717, 1.165) is 22.6 Å². The molecule has 3 heterocycles. The van der Waals surface area contributed by atoms with Crippen molar-refractivity contribution in [2.45, 2.75) is 30.3 Å². The van der Waals surface area contributed by atoms with Gasteiger partial charge < -0.3 is 10.6 Å². The highest BCUT2D eigenvalue weighted by Gasteiger charge is 2.49. The van der Waals surface area contributed by atoms with Crippen molar-refractivity contribution in [3.05, 3.63) is 84.1 Å². The third-order valence-corrected chi connectivity index (χ3v) is 8.09. The van der Waals surface area contributed by atoms with E-state index >= 15 is 0 Å². The molecule has 2 aliphatic rings. The molecule has 1 saturated heterocycles. The summed E-state index contributed by atoms with van der Waals surface area (Å²) in [5, 5.41) is 6.94. The van der Waals surface area contributed by atoms with Crippen LogP contribution in [0.3, 0.4) is 0 Å². The minimum Gasteiger partial charge on any atom is -0.369 e. The van der Waals surface area contributed by atoms with Crippen LogP contribution in [0.1, 0.15) is 17.5 Å². The molecule has 32 heavy (non-hydrogen) atoms. The molecule has 0 saturated carbocycles. The largest absolute Gasteiger partial charge is 0.369 e. The number of pyridine rings is 1. The summed E-state index contributed by atoms with van der Waals surface area (Å²) in [7, 11) is -3.62. The van der Waals surface area contributed by atoms with Crippen LogP contribution in [0.15, 0.2) is 82.8 Å². The predicted molar refractivity (Wildman–Crippen MR) is 126 cm³/mol. The molecule has 3 aromatic rings. The maximum Gasteiger partial charge on any atom is 0.243 e. The molecule has 1 aromatic heterocycles. The van der Waals surface area contributed by atoms with Crippen LogP contribution in [-0.2, 0) is 16.6 Å². The lowest BCUT2D eigenvalue weighted by Crippen LogP contribution is -2.55. The van der Waals surface area contributed by atoms with Gasteiger partial charge in [0.2, 0.25) is 10.0 Å². The van der Waals surface area contributed by atoms with Crippen LogP contribution in [-0.4, -0.2) is 42.2 Å². The average Bonchev–Trinajstić information content (AvgIpc) is 3.24. The van der Waals surface area contributed by atoms with Crippen LogP contribution in [0.5, 0.6) is 0 Å². The first-order chi connectivity index (χ1) is 15.5. The Morgan fingerprint density at radius 3 is 2.66 bits per heavy atom. The molecule has 8 heteroatoms. The molecule has 164 valence electrons. The van der Waals surface area contributed by atoms with Gasteiger partial charge in [-0.05, 0) is 42.7 Å². The highest BCUT2D eigenvalue weighted by atomic mass is 32.2. The summed E-state index contributed by atoms with van der Waals surface area (Å²) in [6, 6.07) is 20.9. The van der Waals surface area contributed by atoms with Gasteiger partial charge in [0.1, 0.15) is 11.4 Å². The van der Waals surface area contributed by atoms with Crippen molar-refractivity contribution in [3.8, 4) is 0 Å². The van der Waals surface area contributed by atoms with Crippen LogP contribution in [0.4, 0.5) is 11.5 Å². The molecule has 0 radical (unpaired) electrons. The van der Waals surface area contributed by atoms with Crippen LogP contribution >= 0.6 is 0 Å². The van der Waals surface area contributed by atoms with E-state index in [0.29, 0.717) is 36.8 Å². The Bertz CT molecular complexity index is 1280. The van der Waals surface area contributed by atoms with Gasteiger partial charge >= 0.3 is 0 Å². The molecule has 0 bridgehead atoms. The highest BCUT2D eigenvalue weighted by Crippen LogP contribution is 2.37. The fraction of sp³-hybridized carbons (Fsp3) is 0.250.